The van der Waals surface area contributed by atoms with E-state index in [1.54, 1.807) is 29.3 Å². The Morgan fingerprint density at radius 3 is 2.28 bits per heavy atom. The summed E-state index contributed by atoms with van der Waals surface area (Å²) in [4.78, 5) is 31.0. The molecule has 2 amide bonds. The van der Waals surface area contributed by atoms with Crippen LogP contribution in [0.2, 0.25) is 0 Å². The van der Waals surface area contributed by atoms with E-state index in [0.717, 1.165) is 5.56 Å². The molecule has 172 valence electrons. The summed E-state index contributed by atoms with van der Waals surface area (Å²) in [6.45, 7) is 7.45. The van der Waals surface area contributed by atoms with Gasteiger partial charge in [0.25, 0.3) is 5.91 Å². The summed E-state index contributed by atoms with van der Waals surface area (Å²) in [5.74, 6) is -0.0180. The fraction of sp³-hybridized carbons (Fsp3) is 0.435. The minimum absolute atomic E-state index is 0.117. The van der Waals surface area contributed by atoms with Gasteiger partial charge in [-0.3, -0.25) is 9.59 Å². The van der Waals surface area contributed by atoms with Crippen molar-refractivity contribution in [3.63, 3.8) is 0 Å². The lowest BCUT2D eigenvalue weighted by Gasteiger charge is -2.30. The molecule has 0 aliphatic carbocycles. The van der Waals surface area contributed by atoms with Gasteiger partial charge in [0.1, 0.15) is 5.82 Å². The van der Waals surface area contributed by atoms with E-state index < -0.39 is 10.0 Å². The predicted octanol–water partition coefficient (Wildman–Crippen LogP) is 2.91. The monoisotopic (exact) mass is 458 g/mol. The van der Waals surface area contributed by atoms with Crippen LogP contribution < -0.4 is 5.32 Å². The van der Waals surface area contributed by atoms with E-state index in [1.807, 2.05) is 26.8 Å². The number of aryl methyl sites for hydroxylation is 1. The van der Waals surface area contributed by atoms with E-state index in [9.17, 15) is 18.0 Å². The third-order valence-electron chi connectivity index (χ3n) is 5.78. The van der Waals surface area contributed by atoms with Crippen molar-refractivity contribution >= 4 is 27.7 Å². The largest absolute Gasteiger partial charge is 0.339 e. The molecule has 2 aromatic rings. The predicted molar refractivity (Wildman–Crippen MR) is 123 cm³/mol. The van der Waals surface area contributed by atoms with Crippen molar-refractivity contribution in [2.45, 2.75) is 38.5 Å². The zero-order valence-electron chi connectivity index (χ0n) is 18.7. The summed E-state index contributed by atoms with van der Waals surface area (Å²) in [7, 11) is -3.69. The highest BCUT2D eigenvalue weighted by molar-refractivity contribution is 7.89. The molecule has 0 radical (unpaired) electrons. The lowest BCUT2D eigenvalue weighted by Crippen LogP contribution is -2.41. The average Bonchev–Trinajstić information content (AvgIpc) is 2.80. The molecule has 3 rings (SSSR count). The lowest BCUT2D eigenvalue weighted by molar-refractivity contribution is -0.120. The van der Waals surface area contributed by atoms with Gasteiger partial charge in [0.15, 0.2) is 0 Å². The van der Waals surface area contributed by atoms with Gasteiger partial charge in [-0.05, 0) is 75.6 Å². The van der Waals surface area contributed by atoms with Gasteiger partial charge in [-0.25, -0.2) is 13.4 Å². The summed E-state index contributed by atoms with van der Waals surface area (Å²) < 4.78 is 27.5. The first-order chi connectivity index (χ1) is 15.3. The number of anilines is 1. The zero-order valence-corrected chi connectivity index (χ0v) is 19.6. The lowest BCUT2D eigenvalue weighted by atomic mass is 9.97. The molecule has 8 nitrogen and oxygen atoms in total. The Kier molecular flexibility index (Phi) is 7.63. The molecule has 0 saturated carbocycles. The van der Waals surface area contributed by atoms with Gasteiger partial charge in [-0.15, -0.1) is 0 Å². The van der Waals surface area contributed by atoms with Crippen molar-refractivity contribution in [2.75, 3.05) is 31.5 Å². The minimum atomic E-state index is -3.69. The fourth-order valence-electron chi connectivity index (χ4n) is 3.80. The number of amides is 2. The van der Waals surface area contributed by atoms with Gasteiger partial charge in [-0.1, -0.05) is 0 Å². The van der Waals surface area contributed by atoms with Crippen LogP contribution in [0, 0.1) is 12.8 Å². The van der Waals surface area contributed by atoms with Gasteiger partial charge < -0.3 is 10.2 Å². The van der Waals surface area contributed by atoms with E-state index in [1.165, 1.54) is 16.4 Å². The fourth-order valence-corrected chi connectivity index (χ4v) is 5.27. The molecule has 1 aromatic carbocycles. The number of sulfonamides is 1. The summed E-state index contributed by atoms with van der Waals surface area (Å²) in [6.07, 6.45) is 2.52. The zero-order chi connectivity index (χ0) is 23.3. The maximum Gasteiger partial charge on any atom is 0.253 e. The number of rotatable bonds is 7. The molecule has 1 aromatic heterocycles. The Labute approximate surface area is 189 Å². The van der Waals surface area contributed by atoms with Crippen LogP contribution in [0.1, 0.15) is 42.6 Å². The summed E-state index contributed by atoms with van der Waals surface area (Å²) in [5, 5.41) is 2.82. The van der Waals surface area contributed by atoms with Gasteiger partial charge >= 0.3 is 0 Å². The molecule has 0 bridgehead atoms. The second-order valence-corrected chi connectivity index (χ2v) is 9.83. The van der Waals surface area contributed by atoms with Crippen molar-refractivity contribution < 1.29 is 18.0 Å². The normalized spacial score (nSPS) is 15.3. The van der Waals surface area contributed by atoms with Crippen molar-refractivity contribution in [3.05, 3.63) is 53.7 Å². The Morgan fingerprint density at radius 1 is 1.09 bits per heavy atom. The van der Waals surface area contributed by atoms with Crippen LogP contribution >= 0.6 is 0 Å². The molecule has 1 fully saturated rings. The first-order valence-electron chi connectivity index (χ1n) is 10.9. The molecule has 1 saturated heterocycles. The van der Waals surface area contributed by atoms with E-state index in [4.69, 9.17) is 0 Å². The van der Waals surface area contributed by atoms with Crippen LogP contribution in [0.3, 0.4) is 0 Å². The van der Waals surface area contributed by atoms with Crippen LogP contribution in [-0.4, -0.2) is 60.6 Å². The number of carbonyl (C=O) groups is 2. The minimum Gasteiger partial charge on any atom is -0.339 e. The maximum atomic E-state index is 13.0. The third kappa shape index (κ3) is 5.34. The van der Waals surface area contributed by atoms with Gasteiger partial charge in [0.05, 0.1) is 4.90 Å². The number of hydrogen-bond donors (Lipinski definition) is 1. The van der Waals surface area contributed by atoms with E-state index in [0.29, 0.717) is 37.3 Å². The van der Waals surface area contributed by atoms with Crippen LogP contribution in [0.4, 0.5) is 5.82 Å². The van der Waals surface area contributed by atoms with Crippen LogP contribution in [0.25, 0.3) is 0 Å². The molecular weight excluding hydrogens is 428 g/mol. The van der Waals surface area contributed by atoms with Crippen LogP contribution in [0.15, 0.2) is 47.5 Å². The van der Waals surface area contributed by atoms with E-state index in [-0.39, 0.29) is 35.7 Å². The summed E-state index contributed by atoms with van der Waals surface area (Å²) >= 11 is 0. The van der Waals surface area contributed by atoms with Gasteiger partial charge in [0, 0.05) is 43.9 Å². The van der Waals surface area contributed by atoms with Crippen molar-refractivity contribution in [1.82, 2.24) is 14.2 Å². The summed E-state index contributed by atoms with van der Waals surface area (Å²) in [6, 6.07) is 9.73. The number of aromatic nitrogens is 1. The first kappa shape index (κ1) is 23.9. The average molecular weight is 459 g/mol. The first-order valence-corrected chi connectivity index (χ1v) is 12.3. The second-order valence-electron chi connectivity index (χ2n) is 7.89. The Morgan fingerprint density at radius 2 is 1.72 bits per heavy atom. The van der Waals surface area contributed by atoms with E-state index >= 15 is 0 Å². The van der Waals surface area contributed by atoms with Crippen LogP contribution in [-0.2, 0) is 14.8 Å². The Hall–Kier alpha value is -2.78. The SMILES string of the molecule is CCN(CC)C(=O)c1ccc(S(=O)(=O)N2CCC(C(=O)Nc3cc(C)ccn3)CC2)cc1. The molecule has 0 unspecified atom stereocenters. The molecule has 0 atom stereocenters. The molecule has 1 aliphatic heterocycles. The molecule has 1 N–H and O–H groups in total. The smallest absolute Gasteiger partial charge is 0.253 e. The highest BCUT2D eigenvalue weighted by Gasteiger charge is 2.32. The number of benzene rings is 1. The molecule has 32 heavy (non-hydrogen) atoms. The second kappa shape index (κ2) is 10.2. The van der Waals surface area contributed by atoms with E-state index in [2.05, 4.69) is 10.3 Å². The Bertz CT molecular complexity index is 1060. The summed E-state index contributed by atoms with van der Waals surface area (Å²) in [5.41, 5.74) is 1.47. The van der Waals surface area contributed by atoms with Crippen molar-refractivity contribution in [2.24, 2.45) is 5.92 Å². The number of piperidine rings is 1. The molecule has 1 aliphatic rings. The topological polar surface area (TPSA) is 99.7 Å². The molecular formula is C23H30N4O4S. The molecule has 0 spiro atoms. The standard InChI is InChI=1S/C23H30N4O4S/c1-4-26(5-2)23(29)19-6-8-20(9-7-19)32(30,31)27-14-11-18(12-15-27)22(28)25-21-16-17(3)10-13-24-21/h6-10,13,16,18H,4-5,11-12,14-15H2,1-3H3,(H,24,25,28). The number of pyridine rings is 1. The Balaban J connectivity index is 1.62. The number of nitrogens with one attached hydrogen (secondary N) is 1. The van der Waals surface area contributed by atoms with Crippen molar-refractivity contribution in [3.8, 4) is 0 Å². The highest BCUT2D eigenvalue weighted by atomic mass is 32.2. The van der Waals surface area contributed by atoms with Crippen molar-refractivity contribution in [1.29, 1.82) is 0 Å². The highest BCUT2D eigenvalue weighted by Crippen LogP contribution is 2.25. The molecule has 9 heteroatoms. The maximum absolute atomic E-state index is 13.0. The van der Waals surface area contributed by atoms with Gasteiger partial charge in [-0.2, -0.15) is 4.31 Å². The van der Waals surface area contributed by atoms with Gasteiger partial charge in [0.2, 0.25) is 15.9 Å². The quantitative estimate of drug-likeness (QED) is 0.688. The third-order valence-corrected chi connectivity index (χ3v) is 7.69. The number of nitrogens with zero attached hydrogens (tertiary/aromatic N) is 3. The van der Waals surface area contributed by atoms with Crippen LogP contribution in [0.5, 0.6) is 0 Å². The molecule has 2 heterocycles. The number of hydrogen-bond acceptors (Lipinski definition) is 5. The number of carbonyl (C=O) groups excluding carboxylic acids is 2.